The van der Waals surface area contributed by atoms with Gasteiger partial charge in [-0.05, 0) is 41.8 Å². The average Bonchev–Trinajstić information content (AvgIpc) is 2.38. The van der Waals surface area contributed by atoms with E-state index in [1.807, 2.05) is 0 Å². The molecule has 0 aliphatic rings. The molecule has 0 saturated heterocycles. The van der Waals surface area contributed by atoms with Crippen molar-refractivity contribution in [1.29, 1.82) is 0 Å². The summed E-state index contributed by atoms with van der Waals surface area (Å²) in [6.07, 6.45) is 0.533. The summed E-state index contributed by atoms with van der Waals surface area (Å²) < 4.78 is 44.5. The molecule has 0 bridgehead atoms. The number of halogens is 2. The van der Waals surface area contributed by atoms with E-state index < -0.39 is 18.1 Å². The van der Waals surface area contributed by atoms with E-state index in [0.717, 1.165) is 11.1 Å². The Morgan fingerprint density at radius 1 is 0.619 bits per heavy atom. The lowest BCUT2D eigenvalue weighted by atomic mass is 10.1. The quantitative estimate of drug-likeness (QED) is 0.781. The van der Waals surface area contributed by atoms with Gasteiger partial charge in [-0.15, -0.1) is 0 Å². The molecule has 0 aliphatic carbocycles. The van der Waals surface area contributed by atoms with Crippen LogP contribution >= 0.6 is 21.4 Å². The van der Waals surface area contributed by atoms with E-state index in [2.05, 4.69) is 0 Å². The maximum absolute atomic E-state index is 11.1. The van der Waals surface area contributed by atoms with Crippen molar-refractivity contribution in [3.05, 3.63) is 59.7 Å². The van der Waals surface area contributed by atoms with Gasteiger partial charge in [-0.3, -0.25) is 0 Å². The summed E-state index contributed by atoms with van der Waals surface area (Å²) in [5, 5.41) is 0. The van der Waals surface area contributed by atoms with E-state index in [1.54, 1.807) is 24.3 Å². The summed E-state index contributed by atoms with van der Waals surface area (Å²) in [5.41, 5.74) is 1.75. The molecule has 0 unspecified atom stereocenters. The Labute approximate surface area is 132 Å². The zero-order valence-electron chi connectivity index (χ0n) is 10.5. The molecule has 2 aromatic carbocycles. The molecule has 0 radical (unpaired) electrons. The molecule has 0 aliphatic heterocycles. The first-order valence-electron chi connectivity index (χ1n) is 5.73. The van der Waals surface area contributed by atoms with Crippen LogP contribution in [0.3, 0.4) is 0 Å². The van der Waals surface area contributed by atoms with Crippen molar-refractivity contribution in [2.75, 3.05) is 0 Å². The molecule has 0 aromatic heterocycles. The van der Waals surface area contributed by atoms with Gasteiger partial charge in [0.15, 0.2) is 0 Å². The number of benzene rings is 2. The van der Waals surface area contributed by atoms with Crippen LogP contribution in [0.25, 0.3) is 0 Å². The van der Waals surface area contributed by atoms with E-state index in [-0.39, 0.29) is 9.79 Å². The van der Waals surface area contributed by atoms with Gasteiger partial charge >= 0.3 is 0 Å². The van der Waals surface area contributed by atoms with Gasteiger partial charge in [-0.1, -0.05) is 24.3 Å². The Morgan fingerprint density at radius 3 is 1.14 bits per heavy atom. The summed E-state index contributed by atoms with van der Waals surface area (Å²) in [7, 11) is 3.02. The van der Waals surface area contributed by atoms with Crippen LogP contribution in [0.4, 0.5) is 0 Å². The van der Waals surface area contributed by atoms with Crippen LogP contribution in [0.15, 0.2) is 58.3 Å². The number of hydrogen-bond donors (Lipinski definition) is 0. The SMILES string of the molecule is O=S(=O)(Cl)c1ccc(Cc2ccc(S(=O)(=O)Cl)cc2)cc1. The minimum absolute atomic E-state index is 0.0384. The molecule has 0 heterocycles. The van der Waals surface area contributed by atoms with Gasteiger partial charge in [-0.2, -0.15) is 0 Å². The van der Waals surface area contributed by atoms with Gasteiger partial charge < -0.3 is 0 Å². The highest BCUT2D eigenvalue weighted by molar-refractivity contribution is 8.14. The average molecular weight is 365 g/mol. The lowest BCUT2D eigenvalue weighted by molar-refractivity contribution is 0.608. The van der Waals surface area contributed by atoms with Crippen LogP contribution in [0.1, 0.15) is 11.1 Å². The van der Waals surface area contributed by atoms with Gasteiger partial charge in [0.2, 0.25) is 0 Å². The Bertz CT molecular complexity index is 767. The van der Waals surface area contributed by atoms with Crippen molar-refractivity contribution in [1.82, 2.24) is 0 Å². The predicted octanol–water partition coefficient (Wildman–Crippen LogP) is 3.13. The second kappa shape index (κ2) is 5.96. The third kappa shape index (κ3) is 4.44. The molecule has 8 heteroatoms. The molecule has 0 spiro atoms. The topological polar surface area (TPSA) is 68.3 Å². The van der Waals surface area contributed by atoms with E-state index >= 15 is 0 Å². The summed E-state index contributed by atoms with van der Waals surface area (Å²) in [4.78, 5) is 0.0768. The van der Waals surface area contributed by atoms with Gasteiger partial charge in [-0.25, -0.2) is 16.8 Å². The van der Waals surface area contributed by atoms with Crippen LogP contribution in [0.2, 0.25) is 0 Å². The minimum atomic E-state index is -3.72. The molecular weight excluding hydrogens is 355 g/mol. The van der Waals surface area contributed by atoms with E-state index in [9.17, 15) is 16.8 Å². The predicted molar refractivity (Wildman–Crippen MR) is 81.8 cm³/mol. The lowest BCUT2D eigenvalue weighted by Crippen LogP contribution is -1.94. The Kier molecular flexibility index (Phi) is 4.63. The molecular formula is C13H10Cl2O4S2. The maximum atomic E-state index is 11.1. The molecule has 21 heavy (non-hydrogen) atoms. The first kappa shape index (κ1) is 16.3. The highest BCUT2D eigenvalue weighted by Gasteiger charge is 2.10. The summed E-state index contributed by atoms with van der Waals surface area (Å²) in [6.45, 7) is 0. The molecule has 0 amide bonds. The summed E-state index contributed by atoms with van der Waals surface area (Å²) in [6, 6.07) is 12.3. The third-order valence-corrected chi connectivity index (χ3v) is 5.56. The lowest BCUT2D eigenvalue weighted by Gasteiger charge is -2.04. The molecule has 112 valence electrons. The molecule has 2 rings (SSSR count). The van der Waals surface area contributed by atoms with Crippen LogP contribution < -0.4 is 0 Å². The Morgan fingerprint density at radius 2 is 0.905 bits per heavy atom. The van der Waals surface area contributed by atoms with Crippen molar-refractivity contribution in [3.63, 3.8) is 0 Å². The Balaban J connectivity index is 2.19. The Hall–Kier alpha value is -1.08. The van der Waals surface area contributed by atoms with Gasteiger partial charge in [0, 0.05) is 21.4 Å². The smallest absolute Gasteiger partial charge is 0.207 e. The zero-order valence-corrected chi connectivity index (χ0v) is 13.7. The van der Waals surface area contributed by atoms with E-state index in [1.165, 1.54) is 24.3 Å². The van der Waals surface area contributed by atoms with Crippen molar-refractivity contribution < 1.29 is 16.8 Å². The van der Waals surface area contributed by atoms with E-state index in [4.69, 9.17) is 21.4 Å². The largest absolute Gasteiger partial charge is 0.261 e. The molecule has 0 fully saturated rings. The van der Waals surface area contributed by atoms with Crippen LogP contribution in [0, 0.1) is 0 Å². The number of hydrogen-bond acceptors (Lipinski definition) is 4. The van der Waals surface area contributed by atoms with Gasteiger partial charge in [0.1, 0.15) is 0 Å². The zero-order chi connectivity index (χ0) is 15.7. The van der Waals surface area contributed by atoms with Crippen molar-refractivity contribution in [2.24, 2.45) is 0 Å². The van der Waals surface area contributed by atoms with Crippen molar-refractivity contribution in [3.8, 4) is 0 Å². The molecule has 2 aromatic rings. The second-order valence-electron chi connectivity index (χ2n) is 4.34. The van der Waals surface area contributed by atoms with Gasteiger partial charge in [0.25, 0.3) is 18.1 Å². The number of rotatable bonds is 4. The van der Waals surface area contributed by atoms with Crippen molar-refractivity contribution in [2.45, 2.75) is 16.2 Å². The van der Waals surface area contributed by atoms with Gasteiger partial charge in [0.05, 0.1) is 9.79 Å². The van der Waals surface area contributed by atoms with Crippen molar-refractivity contribution >= 4 is 39.5 Å². The third-order valence-electron chi connectivity index (χ3n) is 2.82. The first-order valence-corrected chi connectivity index (χ1v) is 10.4. The second-order valence-corrected chi connectivity index (χ2v) is 9.47. The van der Waals surface area contributed by atoms with Crippen LogP contribution in [-0.4, -0.2) is 16.8 Å². The first-order chi connectivity index (χ1) is 9.66. The maximum Gasteiger partial charge on any atom is 0.261 e. The standard InChI is InChI=1S/C13H10Cl2O4S2/c14-20(16,17)12-5-1-10(2-6-12)9-11-3-7-13(8-4-11)21(15,18)19/h1-8H,9H2. The highest BCUT2D eigenvalue weighted by atomic mass is 35.7. The minimum Gasteiger partial charge on any atom is -0.207 e. The van der Waals surface area contributed by atoms with E-state index in [0.29, 0.717) is 6.42 Å². The molecule has 0 saturated carbocycles. The van der Waals surface area contributed by atoms with Crippen LogP contribution in [0.5, 0.6) is 0 Å². The monoisotopic (exact) mass is 364 g/mol. The molecule has 0 N–H and O–H groups in total. The molecule has 4 nitrogen and oxygen atoms in total. The highest BCUT2D eigenvalue weighted by Crippen LogP contribution is 2.19. The fraction of sp³-hybridized carbons (Fsp3) is 0.0769. The fourth-order valence-corrected chi connectivity index (χ4v) is 3.31. The summed E-state index contributed by atoms with van der Waals surface area (Å²) >= 11 is 0. The molecule has 0 atom stereocenters. The van der Waals surface area contributed by atoms with Crippen LogP contribution in [-0.2, 0) is 24.5 Å². The normalized spacial score (nSPS) is 12.3. The fourth-order valence-electron chi connectivity index (χ4n) is 1.78. The summed E-state index contributed by atoms with van der Waals surface area (Å²) in [5.74, 6) is 0.